The molecule has 0 heterocycles. The van der Waals surface area contributed by atoms with Gasteiger partial charge in [-0.1, -0.05) is 0 Å². The molecule has 0 aliphatic heterocycles. The summed E-state index contributed by atoms with van der Waals surface area (Å²) in [5, 5.41) is 2.59. The van der Waals surface area contributed by atoms with E-state index in [0.29, 0.717) is 0 Å². The standard InChI is InChI=1S/C17H25NO9/c1-8(19)18-15-14(25-10(3)21)6-13(7-24-9(2)20)16(26-11(4)22)17(15)27-12(5)23/h13-17H,6-7H2,1-5H3,(H,18,19)/t13-,14+,15+,16-,17-/m1/s1. The number of carbonyl (C=O) groups is 5. The third-order valence-corrected chi connectivity index (χ3v) is 3.87. The van der Waals surface area contributed by atoms with Crippen molar-refractivity contribution in [3.63, 3.8) is 0 Å². The fourth-order valence-electron chi connectivity index (χ4n) is 3.08. The normalized spacial score (nSPS) is 27.1. The molecule has 0 saturated heterocycles. The highest BCUT2D eigenvalue weighted by atomic mass is 16.6. The summed E-state index contributed by atoms with van der Waals surface area (Å²) in [6, 6.07) is -0.937. The molecule has 0 aromatic heterocycles. The van der Waals surface area contributed by atoms with Crippen LogP contribution >= 0.6 is 0 Å². The second kappa shape index (κ2) is 9.89. The van der Waals surface area contributed by atoms with Crippen LogP contribution in [0.2, 0.25) is 0 Å². The fourth-order valence-corrected chi connectivity index (χ4v) is 3.08. The molecule has 1 aliphatic carbocycles. The first kappa shape index (κ1) is 22.4. The van der Waals surface area contributed by atoms with Crippen molar-refractivity contribution >= 4 is 29.8 Å². The number of nitrogens with one attached hydrogen (secondary N) is 1. The molecule has 0 spiro atoms. The predicted molar refractivity (Wildman–Crippen MR) is 89.0 cm³/mol. The van der Waals surface area contributed by atoms with Gasteiger partial charge in [0.05, 0.1) is 6.61 Å². The monoisotopic (exact) mass is 387 g/mol. The lowest BCUT2D eigenvalue weighted by atomic mass is 9.79. The molecule has 1 saturated carbocycles. The molecule has 1 rings (SSSR count). The molecule has 5 atom stereocenters. The van der Waals surface area contributed by atoms with Gasteiger partial charge in [0.15, 0.2) is 6.10 Å². The lowest BCUT2D eigenvalue weighted by Gasteiger charge is -2.44. The van der Waals surface area contributed by atoms with Gasteiger partial charge in [-0.2, -0.15) is 0 Å². The van der Waals surface area contributed by atoms with E-state index in [1.54, 1.807) is 0 Å². The fraction of sp³-hybridized carbons (Fsp3) is 0.706. The van der Waals surface area contributed by atoms with E-state index in [0.717, 1.165) is 6.92 Å². The van der Waals surface area contributed by atoms with E-state index < -0.39 is 60.1 Å². The van der Waals surface area contributed by atoms with Crippen molar-refractivity contribution in [3.8, 4) is 0 Å². The smallest absolute Gasteiger partial charge is 0.303 e. The average Bonchev–Trinajstić information content (AvgIpc) is 2.49. The van der Waals surface area contributed by atoms with Gasteiger partial charge in [-0.3, -0.25) is 24.0 Å². The quantitative estimate of drug-likeness (QED) is 0.488. The van der Waals surface area contributed by atoms with Crippen LogP contribution in [0.5, 0.6) is 0 Å². The van der Waals surface area contributed by atoms with E-state index in [4.69, 9.17) is 18.9 Å². The molecule has 0 bridgehead atoms. The minimum absolute atomic E-state index is 0.119. The molecule has 27 heavy (non-hydrogen) atoms. The van der Waals surface area contributed by atoms with Gasteiger partial charge >= 0.3 is 23.9 Å². The van der Waals surface area contributed by atoms with Gasteiger partial charge in [-0.05, 0) is 6.42 Å². The number of rotatable bonds is 6. The lowest BCUT2D eigenvalue weighted by molar-refractivity contribution is -0.195. The molecule has 1 N–H and O–H groups in total. The summed E-state index contributed by atoms with van der Waals surface area (Å²) >= 11 is 0. The minimum Gasteiger partial charge on any atom is -0.465 e. The van der Waals surface area contributed by atoms with Crippen molar-refractivity contribution in [3.05, 3.63) is 0 Å². The third-order valence-electron chi connectivity index (χ3n) is 3.87. The topological polar surface area (TPSA) is 134 Å². The predicted octanol–water partition coefficient (Wildman–Crippen LogP) is -0.131. The summed E-state index contributed by atoms with van der Waals surface area (Å²) in [7, 11) is 0. The van der Waals surface area contributed by atoms with Gasteiger partial charge in [0.2, 0.25) is 5.91 Å². The number of carbonyl (C=O) groups excluding carboxylic acids is 5. The summed E-state index contributed by atoms with van der Waals surface area (Å²) in [6.45, 7) is 5.87. The zero-order valence-electron chi connectivity index (χ0n) is 16.0. The van der Waals surface area contributed by atoms with Gasteiger partial charge in [0, 0.05) is 40.5 Å². The summed E-state index contributed by atoms with van der Waals surface area (Å²) in [5.41, 5.74) is 0. The van der Waals surface area contributed by atoms with Crippen LogP contribution in [-0.4, -0.2) is 60.7 Å². The van der Waals surface area contributed by atoms with Crippen molar-refractivity contribution in [2.45, 2.75) is 65.4 Å². The van der Waals surface area contributed by atoms with Gasteiger partial charge in [-0.15, -0.1) is 0 Å². The van der Waals surface area contributed by atoms with Crippen LogP contribution < -0.4 is 5.32 Å². The van der Waals surface area contributed by atoms with Crippen molar-refractivity contribution in [1.82, 2.24) is 5.32 Å². The van der Waals surface area contributed by atoms with E-state index in [1.807, 2.05) is 0 Å². The summed E-state index contributed by atoms with van der Waals surface area (Å²) in [4.78, 5) is 57.5. The first-order chi connectivity index (χ1) is 12.5. The van der Waals surface area contributed by atoms with Crippen LogP contribution in [0.25, 0.3) is 0 Å². The summed E-state index contributed by atoms with van der Waals surface area (Å²) in [5.74, 6) is -3.53. The van der Waals surface area contributed by atoms with E-state index >= 15 is 0 Å². The molecule has 10 heteroatoms. The van der Waals surface area contributed by atoms with Crippen LogP contribution in [0.4, 0.5) is 0 Å². The van der Waals surface area contributed by atoms with Crippen molar-refractivity contribution in [2.24, 2.45) is 5.92 Å². The van der Waals surface area contributed by atoms with E-state index in [9.17, 15) is 24.0 Å². The minimum atomic E-state index is -1.13. The van der Waals surface area contributed by atoms with Gasteiger partial charge in [0.1, 0.15) is 18.2 Å². The Morgan fingerprint density at radius 3 is 1.74 bits per heavy atom. The molecule has 0 radical (unpaired) electrons. The summed E-state index contributed by atoms with van der Waals surface area (Å²) < 4.78 is 20.9. The Morgan fingerprint density at radius 2 is 1.30 bits per heavy atom. The molecule has 1 amide bonds. The summed E-state index contributed by atoms with van der Waals surface area (Å²) in [6.07, 6.45) is -2.89. The second-order valence-electron chi connectivity index (χ2n) is 6.32. The third kappa shape index (κ3) is 7.24. The highest BCUT2D eigenvalue weighted by Crippen LogP contribution is 2.33. The average molecular weight is 387 g/mol. The largest absolute Gasteiger partial charge is 0.465 e. The van der Waals surface area contributed by atoms with Crippen molar-refractivity contribution in [1.29, 1.82) is 0 Å². The molecule has 1 fully saturated rings. The maximum Gasteiger partial charge on any atom is 0.303 e. The molecule has 1 aliphatic rings. The number of hydrogen-bond donors (Lipinski definition) is 1. The Morgan fingerprint density at radius 1 is 0.778 bits per heavy atom. The molecular formula is C17H25NO9. The number of hydrogen-bond acceptors (Lipinski definition) is 9. The maximum absolute atomic E-state index is 11.6. The Bertz CT molecular complexity index is 603. The van der Waals surface area contributed by atoms with E-state index in [-0.39, 0.29) is 13.0 Å². The van der Waals surface area contributed by atoms with Crippen molar-refractivity contribution < 1.29 is 42.9 Å². The number of amides is 1. The highest BCUT2D eigenvalue weighted by molar-refractivity contribution is 5.74. The van der Waals surface area contributed by atoms with E-state index in [2.05, 4.69) is 5.32 Å². The Balaban J connectivity index is 3.29. The zero-order valence-corrected chi connectivity index (χ0v) is 16.0. The Hall–Kier alpha value is -2.65. The van der Waals surface area contributed by atoms with Gasteiger partial charge in [-0.25, -0.2) is 0 Å². The van der Waals surface area contributed by atoms with Crippen LogP contribution in [-0.2, 0) is 42.9 Å². The second-order valence-corrected chi connectivity index (χ2v) is 6.32. The molecular weight excluding hydrogens is 362 g/mol. The molecule has 0 aromatic carbocycles. The van der Waals surface area contributed by atoms with E-state index in [1.165, 1.54) is 27.7 Å². The molecule has 0 aromatic rings. The highest BCUT2D eigenvalue weighted by Gasteiger charge is 2.50. The Labute approximate surface area is 156 Å². The maximum atomic E-state index is 11.6. The van der Waals surface area contributed by atoms with Crippen LogP contribution in [0.15, 0.2) is 0 Å². The van der Waals surface area contributed by atoms with Crippen LogP contribution in [0.3, 0.4) is 0 Å². The SMILES string of the molecule is CC(=O)N[C@@H]1[C@@H](OC(C)=O)[C@H](OC(C)=O)[C@@H](COC(C)=O)C[C@@H]1OC(C)=O. The first-order valence-corrected chi connectivity index (χ1v) is 8.43. The van der Waals surface area contributed by atoms with Crippen LogP contribution in [0, 0.1) is 5.92 Å². The number of ether oxygens (including phenoxy) is 4. The zero-order chi connectivity index (χ0) is 20.7. The number of esters is 4. The first-order valence-electron chi connectivity index (χ1n) is 8.43. The van der Waals surface area contributed by atoms with Crippen LogP contribution in [0.1, 0.15) is 41.0 Å². The Kier molecular flexibility index (Phi) is 8.20. The van der Waals surface area contributed by atoms with Crippen molar-refractivity contribution in [2.75, 3.05) is 6.61 Å². The molecule has 10 nitrogen and oxygen atoms in total. The molecule has 152 valence electrons. The van der Waals surface area contributed by atoms with Gasteiger partial charge < -0.3 is 24.3 Å². The molecule has 0 unspecified atom stereocenters. The van der Waals surface area contributed by atoms with Gasteiger partial charge in [0.25, 0.3) is 0 Å². The lowest BCUT2D eigenvalue weighted by Crippen LogP contribution is -2.64.